The van der Waals surface area contributed by atoms with Crippen molar-refractivity contribution in [2.45, 2.75) is 6.04 Å². The van der Waals surface area contributed by atoms with Crippen molar-refractivity contribution in [3.63, 3.8) is 0 Å². The molecule has 17 heavy (non-hydrogen) atoms. The van der Waals surface area contributed by atoms with E-state index >= 15 is 0 Å². The fourth-order valence-corrected chi connectivity index (χ4v) is 3.32. The number of nitrogens with zero attached hydrogens (tertiary/aromatic N) is 4. The summed E-state index contributed by atoms with van der Waals surface area (Å²) in [4.78, 5) is 0. The van der Waals surface area contributed by atoms with Gasteiger partial charge < -0.3 is 0 Å². The van der Waals surface area contributed by atoms with E-state index in [0.29, 0.717) is 11.1 Å². The lowest BCUT2D eigenvalue weighted by atomic mass is 10.2. The van der Waals surface area contributed by atoms with E-state index in [1.807, 2.05) is 6.07 Å². The second-order valence-electron chi connectivity index (χ2n) is 4.08. The van der Waals surface area contributed by atoms with Crippen molar-refractivity contribution in [2.24, 2.45) is 0 Å². The lowest BCUT2D eigenvalue weighted by Crippen LogP contribution is -2.38. The second kappa shape index (κ2) is 3.28. The predicted octanol–water partition coefficient (Wildman–Crippen LogP) is 0.272. The van der Waals surface area contributed by atoms with Crippen molar-refractivity contribution in [3.05, 3.63) is 23.8 Å². The summed E-state index contributed by atoms with van der Waals surface area (Å²) in [5.41, 5.74) is 1.91. The first kappa shape index (κ1) is 10.2. The van der Waals surface area contributed by atoms with Crippen LogP contribution in [0.4, 0.5) is 0 Å². The van der Waals surface area contributed by atoms with E-state index < -0.39 is 9.84 Å². The van der Waals surface area contributed by atoms with E-state index in [0.717, 1.165) is 5.52 Å². The number of aromatic nitrogens is 3. The molecule has 2 aromatic rings. The summed E-state index contributed by atoms with van der Waals surface area (Å²) in [6.07, 6.45) is 0. The minimum Gasteiger partial charge on any atom is -0.240 e. The van der Waals surface area contributed by atoms with E-state index in [1.165, 1.54) is 0 Å². The first-order chi connectivity index (χ1) is 8.09. The molecule has 0 atom stereocenters. The zero-order chi connectivity index (χ0) is 12.0. The highest BCUT2D eigenvalue weighted by Crippen LogP contribution is 2.26. The van der Waals surface area contributed by atoms with Gasteiger partial charge in [0.25, 0.3) is 0 Å². The number of benzene rings is 1. The molecule has 0 bridgehead atoms. The Balaban J connectivity index is 2.05. The molecule has 1 aromatic carbocycles. The molecule has 1 aromatic heterocycles. The van der Waals surface area contributed by atoms with Crippen LogP contribution < -0.4 is 0 Å². The highest BCUT2D eigenvalue weighted by molar-refractivity contribution is 7.92. The second-order valence-corrected chi connectivity index (χ2v) is 6.23. The van der Waals surface area contributed by atoms with Gasteiger partial charge in [-0.2, -0.15) is 5.26 Å². The summed E-state index contributed by atoms with van der Waals surface area (Å²) in [5.74, 6) is 0.233. The Bertz CT molecular complexity index is 729. The van der Waals surface area contributed by atoms with Gasteiger partial charge in [-0.1, -0.05) is 5.21 Å². The van der Waals surface area contributed by atoms with Gasteiger partial charge in [0.2, 0.25) is 0 Å². The van der Waals surface area contributed by atoms with Gasteiger partial charge in [0.05, 0.1) is 34.7 Å². The molecule has 86 valence electrons. The molecule has 0 amide bonds. The van der Waals surface area contributed by atoms with Crippen molar-refractivity contribution in [1.29, 1.82) is 5.26 Å². The maximum atomic E-state index is 11.1. The summed E-state index contributed by atoms with van der Waals surface area (Å²) in [6, 6.07) is 6.97. The van der Waals surface area contributed by atoms with E-state index in [2.05, 4.69) is 10.3 Å². The molecule has 0 radical (unpaired) electrons. The molecule has 7 heteroatoms. The minimum atomic E-state index is -2.88. The maximum Gasteiger partial charge on any atom is 0.154 e. The van der Waals surface area contributed by atoms with Crippen LogP contribution in [0.15, 0.2) is 18.2 Å². The van der Waals surface area contributed by atoms with E-state index in [-0.39, 0.29) is 17.5 Å². The molecule has 0 spiro atoms. The normalized spacial score (nSPS) is 18.8. The van der Waals surface area contributed by atoms with Crippen LogP contribution in [-0.2, 0) is 9.84 Å². The van der Waals surface area contributed by atoms with Gasteiger partial charge in [-0.25, -0.2) is 13.1 Å². The Hall–Kier alpha value is -1.94. The molecule has 0 N–H and O–H groups in total. The Morgan fingerprint density at radius 1 is 1.41 bits per heavy atom. The topological polar surface area (TPSA) is 88.6 Å². The first-order valence-electron chi connectivity index (χ1n) is 5.04. The van der Waals surface area contributed by atoms with E-state index in [9.17, 15) is 8.42 Å². The molecule has 0 saturated carbocycles. The van der Waals surface area contributed by atoms with Crippen molar-refractivity contribution in [1.82, 2.24) is 15.0 Å². The smallest absolute Gasteiger partial charge is 0.154 e. The fourth-order valence-electron chi connectivity index (χ4n) is 1.96. The number of sulfone groups is 1. The fraction of sp³-hybridized carbons (Fsp3) is 0.300. The van der Waals surface area contributed by atoms with Crippen LogP contribution in [0.25, 0.3) is 11.0 Å². The SMILES string of the molecule is N#Cc1ccc2c(c1)nnn2C1CS(=O)(=O)C1. The van der Waals surface area contributed by atoms with Gasteiger partial charge in [-0.15, -0.1) is 5.10 Å². The van der Waals surface area contributed by atoms with Crippen molar-refractivity contribution in [3.8, 4) is 6.07 Å². The summed E-state index contributed by atoms with van der Waals surface area (Å²) in [6.45, 7) is 0. The molecule has 0 aliphatic carbocycles. The van der Waals surface area contributed by atoms with Crippen LogP contribution in [0.1, 0.15) is 11.6 Å². The van der Waals surface area contributed by atoms with Gasteiger partial charge in [0.15, 0.2) is 9.84 Å². The zero-order valence-corrected chi connectivity index (χ0v) is 9.55. The quantitative estimate of drug-likeness (QED) is 0.722. The Morgan fingerprint density at radius 2 is 2.18 bits per heavy atom. The Labute approximate surface area is 97.4 Å². The molecular formula is C10H8N4O2S. The summed E-state index contributed by atoms with van der Waals surface area (Å²) in [5, 5.41) is 16.7. The third-order valence-electron chi connectivity index (χ3n) is 2.84. The van der Waals surface area contributed by atoms with Crippen LogP contribution in [0.5, 0.6) is 0 Å². The number of rotatable bonds is 1. The Morgan fingerprint density at radius 3 is 2.82 bits per heavy atom. The van der Waals surface area contributed by atoms with Crippen LogP contribution >= 0.6 is 0 Å². The molecule has 1 aliphatic heterocycles. The molecule has 6 nitrogen and oxygen atoms in total. The third kappa shape index (κ3) is 1.57. The average molecular weight is 248 g/mol. The molecular weight excluding hydrogens is 240 g/mol. The minimum absolute atomic E-state index is 0.117. The first-order valence-corrected chi connectivity index (χ1v) is 6.87. The van der Waals surface area contributed by atoms with Crippen LogP contribution in [0.3, 0.4) is 0 Å². The van der Waals surface area contributed by atoms with Gasteiger partial charge in [-0.05, 0) is 18.2 Å². The molecule has 1 fully saturated rings. The van der Waals surface area contributed by atoms with E-state index in [1.54, 1.807) is 22.9 Å². The van der Waals surface area contributed by atoms with E-state index in [4.69, 9.17) is 5.26 Å². The number of nitriles is 1. The molecule has 0 unspecified atom stereocenters. The van der Waals surface area contributed by atoms with Gasteiger partial charge in [-0.3, -0.25) is 0 Å². The Kier molecular flexibility index (Phi) is 1.97. The van der Waals surface area contributed by atoms with Gasteiger partial charge in [0.1, 0.15) is 5.52 Å². The maximum absolute atomic E-state index is 11.1. The average Bonchev–Trinajstić information content (AvgIpc) is 2.67. The highest BCUT2D eigenvalue weighted by atomic mass is 32.2. The van der Waals surface area contributed by atoms with Crippen LogP contribution in [0, 0.1) is 11.3 Å². The highest BCUT2D eigenvalue weighted by Gasteiger charge is 2.36. The lowest BCUT2D eigenvalue weighted by Gasteiger charge is -2.25. The number of fused-ring (bicyclic) bond motifs is 1. The molecule has 3 rings (SSSR count). The van der Waals surface area contributed by atoms with Crippen LogP contribution in [0.2, 0.25) is 0 Å². The van der Waals surface area contributed by atoms with Crippen molar-refractivity contribution < 1.29 is 8.42 Å². The summed E-state index contributed by atoms with van der Waals surface area (Å²) in [7, 11) is -2.88. The standard InChI is InChI=1S/C10H8N4O2S/c11-4-7-1-2-10-9(3-7)12-13-14(10)8-5-17(15,16)6-8/h1-3,8H,5-6H2. The van der Waals surface area contributed by atoms with Crippen molar-refractivity contribution in [2.75, 3.05) is 11.5 Å². The van der Waals surface area contributed by atoms with Gasteiger partial charge >= 0.3 is 0 Å². The third-order valence-corrected chi connectivity index (χ3v) is 4.62. The largest absolute Gasteiger partial charge is 0.240 e. The molecule has 2 heterocycles. The zero-order valence-electron chi connectivity index (χ0n) is 8.74. The molecule has 1 saturated heterocycles. The van der Waals surface area contributed by atoms with Crippen molar-refractivity contribution >= 4 is 20.9 Å². The van der Waals surface area contributed by atoms with Crippen LogP contribution in [-0.4, -0.2) is 34.9 Å². The monoisotopic (exact) mass is 248 g/mol. The summed E-state index contributed by atoms with van der Waals surface area (Å²) < 4.78 is 23.9. The predicted molar refractivity (Wildman–Crippen MR) is 59.9 cm³/mol. The summed E-state index contributed by atoms with van der Waals surface area (Å²) >= 11 is 0. The lowest BCUT2D eigenvalue weighted by molar-refractivity contribution is 0.474. The van der Waals surface area contributed by atoms with Gasteiger partial charge in [0, 0.05) is 0 Å². The number of hydrogen-bond donors (Lipinski definition) is 0. The molecule has 1 aliphatic rings. The number of hydrogen-bond acceptors (Lipinski definition) is 5.